The Balaban J connectivity index is 2.54. The molecule has 2 heteroatoms. The van der Waals surface area contributed by atoms with Gasteiger partial charge in [0, 0.05) is 7.11 Å². The van der Waals surface area contributed by atoms with E-state index in [1.165, 1.54) is 25.7 Å². The molecule has 1 nitrogen and oxygen atoms in total. The maximum Gasteiger partial charge on any atom is 0.184 e. The van der Waals surface area contributed by atoms with Gasteiger partial charge in [0.25, 0.3) is 0 Å². The highest BCUT2D eigenvalue weighted by Crippen LogP contribution is 2.42. The Labute approximate surface area is 78.2 Å². The van der Waals surface area contributed by atoms with Crippen LogP contribution in [0.2, 0.25) is 10.6 Å². The quantitative estimate of drug-likeness (QED) is 0.602. The van der Waals surface area contributed by atoms with E-state index < -0.39 is 9.04 Å². The van der Waals surface area contributed by atoms with Gasteiger partial charge in [-0.1, -0.05) is 46.5 Å². The predicted molar refractivity (Wildman–Crippen MR) is 56.1 cm³/mol. The molecule has 0 N–H and O–H groups in total. The Morgan fingerprint density at radius 2 is 1.67 bits per heavy atom. The van der Waals surface area contributed by atoms with Gasteiger partial charge in [0.2, 0.25) is 0 Å². The molecule has 1 aliphatic rings. The van der Waals surface area contributed by atoms with Crippen LogP contribution in [0, 0.1) is 0 Å². The van der Waals surface area contributed by atoms with Crippen molar-refractivity contribution in [2.75, 3.05) is 7.11 Å². The van der Waals surface area contributed by atoms with E-state index in [1.807, 2.05) is 7.11 Å². The van der Waals surface area contributed by atoms with E-state index >= 15 is 0 Å². The van der Waals surface area contributed by atoms with Gasteiger partial charge in [-0.15, -0.1) is 0 Å². The second kappa shape index (κ2) is 3.92. The first kappa shape index (κ1) is 10.3. The molecule has 0 spiro atoms. The molecule has 0 heterocycles. The molecule has 1 fully saturated rings. The van der Waals surface area contributed by atoms with Crippen molar-refractivity contribution in [3.63, 3.8) is 0 Å². The summed E-state index contributed by atoms with van der Waals surface area (Å²) < 4.78 is 5.74. The lowest BCUT2D eigenvalue weighted by Gasteiger charge is -2.32. The molecule has 0 saturated heterocycles. The van der Waals surface area contributed by atoms with Gasteiger partial charge in [-0.3, -0.25) is 0 Å². The van der Waals surface area contributed by atoms with Crippen LogP contribution < -0.4 is 0 Å². The number of hydrogen-bond acceptors (Lipinski definition) is 1. The van der Waals surface area contributed by atoms with E-state index in [9.17, 15) is 0 Å². The van der Waals surface area contributed by atoms with Gasteiger partial charge in [0.15, 0.2) is 9.04 Å². The Bertz CT molecular complexity index is 133. The van der Waals surface area contributed by atoms with Gasteiger partial charge in [-0.05, 0) is 10.6 Å². The lowest BCUT2D eigenvalue weighted by atomic mass is 10.2. The molecular formula is C10H22OSi. The summed E-state index contributed by atoms with van der Waals surface area (Å²) in [5.74, 6) is 0. The molecule has 1 unspecified atom stereocenters. The SMILES string of the molecule is CO[SiH](C1CCCC1)C(C)(C)C. The summed E-state index contributed by atoms with van der Waals surface area (Å²) in [6.45, 7) is 7.02. The smallest absolute Gasteiger partial charge is 0.184 e. The Morgan fingerprint density at radius 3 is 2.00 bits per heavy atom. The van der Waals surface area contributed by atoms with Crippen molar-refractivity contribution >= 4 is 9.04 Å². The zero-order valence-electron chi connectivity index (χ0n) is 8.89. The Kier molecular flexibility index (Phi) is 3.35. The van der Waals surface area contributed by atoms with Crippen molar-refractivity contribution in [3.8, 4) is 0 Å². The lowest BCUT2D eigenvalue weighted by molar-refractivity contribution is 0.375. The molecule has 0 aliphatic heterocycles. The Hall–Kier alpha value is 0.177. The normalized spacial score (nSPS) is 23.0. The topological polar surface area (TPSA) is 9.23 Å². The van der Waals surface area contributed by atoms with Gasteiger partial charge < -0.3 is 4.43 Å². The minimum atomic E-state index is -0.954. The maximum absolute atomic E-state index is 5.74. The molecule has 12 heavy (non-hydrogen) atoms. The fourth-order valence-electron chi connectivity index (χ4n) is 2.51. The lowest BCUT2D eigenvalue weighted by Crippen LogP contribution is -2.32. The summed E-state index contributed by atoms with van der Waals surface area (Å²) in [6.07, 6.45) is 5.74. The number of rotatable bonds is 2. The number of hydrogen-bond donors (Lipinski definition) is 0. The monoisotopic (exact) mass is 186 g/mol. The summed E-state index contributed by atoms with van der Waals surface area (Å²) in [7, 11) is 0.963. The molecule has 1 atom stereocenters. The summed E-state index contributed by atoms with van der Waals surface area (Å²) in [4.78, 5) is 0. The van der Waals surface area contributed by atoms with Crippen LogP contribution in [0.5, 0.6) is 0 Å². The van der Waals surface area contributed by atoms with Crippen LogP contribution in [0.3, 0.4) is 0 Å². The molecule has 72 valence electrons. The van der Waals surface area contributed by atoms with E-state index in [0.29, 0.717) is 5.04 Å². The molecule has 0 aromatic carbocycles. The van der Waals surface area contributed by atoms with Crippen LogP contribution in [0.15, 0.2) is 0 Å². The minimum absolute atomic E-state index is 0.448. The van der Waals surface area contributed by atoms with Crippen LogP contribution in [-0.4, -0.2) is 16.2 Å². The average Bonchev–Trinajstić information content (AvgIpc) is 2.38. The molecule has 1 saturated carbocycles. The molecule has 0 bridgehead atoms. The van der Waals surface area contributed by atoms with E-state index in [1.54, 1.807) is 0 Å². The standard InChI is InChI=1S/C10H22OSi/c1-10(2,3)12(11-4)9-7-5-6-8-9/h9,12H,5-8H2,1-4H3. The van der Waals surface area contributed by atoms with Crippen LogP contribution in [0.1, 0.15) is 46.5 Å². The van der Waals surface area contributed by atoms with Crippen molar-refractivity contribution in [1.82, 2.24) is 0 Å². The minimum Gasteiger partial charge on any atom is -0.422 e. The predicted octanol–water partition coefficient (Wildman–Crippen LogP) is 3.10. The summed E-state index contributed by atoms with van der Waals surface area (Å²) in [5, 5.41) is 0.448. The van der Waals surface area contributed by atoms with E-state index in [2.05, 4.69) is 20.8 Å². The van der Waals surface area contributed by atoms with Crippen molar-refractivity contribution in [2.24, 2.45) is 0 Å². The molecule has 0 aromatic rings. The highest BCUT2D eigenvalue weighted by Gasteiger charge is 2.35. The van der Waals surface area contributed by atoms with Gasteiger partial charge in [-0.25, -0.2) is 0 Å². The third kappa shape index (κ3) is 2.33. The van der Waals surface area contributed by atoms with E-state index in [-0.39, 0.29) is 0 Å². The van der Waals surface area contributed by atoms with Gasteiger partial charge >= 0.3 is 0 Å². The molecular weight excluding hydrogens is 164 g/mol. The summed E-state index contributed by atoms with van der Waals surface area (Å²) >= 11 is 0. The first-order valence-corrected chi connectivity index (χ1v) is 6.80. The van der Waals surface area contributed by atoms with Crippen LogP contribution in [-0.2, 0) is 4.43 Å². The fraction of sp³-hybridized carbons (Fsp3) is 1.00. The summed E-state index contributed by atoms with van der Waals surface area (Å²) in [6, 6.07) is 0. The van der Waals surface area contributed by atoms with Gasteiger partial charge in [-0.2, -0.15) is 0 Å². The molecule has 1 rings (SSSR count). The molecule has 0 aromatic heterocycles. The average molecular weight is 186 g/mol. The van der Waals surface area contributed by atoms with Crippen molar-refractivity contribution in [3.05, 3.63) is 0 Å². The molecule has 0 radical (unpaired) electrons. The Morgan fingerprint density at radius 1 is 1.17 bits per heavy atom. The largest absolute Gasteiger partial charge is 0.422 e. The van der Waals surface area contributed by atoms with Gasteiger partial charge in [0.05, 0.1) is 0 Å². The zero-order valence-corrected chi connectivity index (χ0v) is 10.0. The van der Waals surface area contributed by atoms with Crippen molar-refractivity contribution in [2.45, 2.75) is 57.0 Å². The highest BCUT2D eigenvalue weighted by molar-refractivity contribution is 6.57. The molecule has 0 amide bonds. The second-order valence-corrected chi connectivity index (χ2v) is 9.05. The van der Waals surface area contributed by atoms with E-state index in [4.69, 9.17) is 4.43 Å². The summed E-state index contributed by atoms with van der Waals surface area (Å²) in [5.41, 5.74) is 0.954. The van der Waals surface area contributed by atoms with Crippen molar-refractivity contribution in [1.29, 1.82) is 0 Å². The third-order valence-electron chi connectivity index (χ3n) is 2.94. The second-order valence-electron chi connectivity index (χ2n) is 5.07. The van der Waals surface area contributed by atoms with Gasteiger partial charge in [0.1, 0.15) is 0 Å². The van der Waals surface area contributed by atoms with Crippen LogP contribution in [0.25, 0.3) is 0 Å². The highest BCUT2D eigenvalue weighted by atomic mass is 28.3. The zero-order chi connectivity index (χ0) is 9.19. The van der Waals surface area contributed by atoms with Crippen LogP contribution in [0.4, 0.5) is 0 Å². The van der Waals surface area contributed by atoms with E-state index in [0.717, 1.165) is 5.54 Å². The van der Waals surface area contributed by atoms with Crippen LogP contribution >= 0.6 is 0 Å². The molecule has 1 aliphatic carbocycles. The maximum atomic E-state index is 5.74. The first-order valence-electron chi connectivity index (χ1n) is 5.08. The third-order valence-corrected chi connectivity index (χ3v) is 6.67. The van der Waals surface area contributed by atoms with Crippen molar-refractivity contribution < 1.29 is 4.43 Å². The first-order chi connectivity index (χ1) is 5.55. The fourth-order valence-corrected chi connectivity index (χ4v) is 6.10.